The van der Waals surface area contributed by atoms with Gasteiger partial charge in [0, 0.05) is 36.1 Å². The zero-order chi connectivity index (χ0) is 20.4. The topological polar surface area (TPSA) is 67.2 Å². The van der Waals surface area contributed by atoms with Crippen LogP contribution in [0.4, 0.5) is 5.69 Å². The Morgan fingerprint density at radius 2 is 1.83 bits per heavy atom. The predicted molar refractivity (Wildman–Crippen MR) is 115 cm³/mol. The van der Waals surface area contributed by atoms with Crippen LogP contribution in [-0.4, -0.2) is 39.4 Å². The maximum atomic E-state index is 13.1. The van der Waals surface area contributed by atoms with E-state index in [0.717, 1.165) is 48.9 Å². The van der Waals surface area contributed by atoms with E-state index in [1.807, 2.05) is 46.9 Å². The highest BCUT2D eigenvalue weighted by Gasteiger charge is 2.23. The van der Waals surface area contributed by atoms with E-state index in [4.69, 9.17) is 0 Å². The highest BCUT2D eigenvalue weighted by molar-refractivity contribution is 7.12. The summed E-state index contributed by atoms with van der Waals surface area (Å²) < 4.78 is 1.98. The SMILES string of the molecule is Cc1cc(C(=O)Nc2ccccc2C(=O)N2CCCCC2)c(C)n1-c1nccs1. The molecule has 0 saturated carbocycles. The Balaban J connectivity index is 1.60. The van der Waals surface area contributed by atoms with Crippen LogP contribution in [0.15, 0.2) is 41.9 Å². The fourth-order valence-corrected chi connectivity index (χ4v) is 4.60. The summed E-state index contributed by atoms with van der Waals surface area (Å²) in [6.45, 7) is 5.42. The molecule has 1 saturated heterocycles. The zero-order valence-electron chi connectivity index (χ0n) is 16.6. The van der Waals surface area contributed by atoms with E-state index in [-0.39, 0.29) is 11.8 Å². The third-order valence-electron chi connectivity index (χ3n) is 5.34. The van der Waals surface area contributed by atoms with Gasteiger partial charge in [-0.05, 0) is 51.3 Å². The number of carbonyl (C=O) groups excluding carboxylic acids is 2. The van der Waals surface area contributed by atoms with Crippen LogP contribution < -0.4 is 5.32 Å². The molecule has 0 unspecified atom stereocenters. The summed E-state index contributed by atoms with van der Waals surface area (Å²) in [5, 5.41) is 5.70. The second-order valence-corrected chi connectivity index (χ2v) is 8.16. The Bertz CT molecular complexity index is 1030. The lowest BCUT2D eigenvalue weighted by molar-refractivity contribution is 0.0725. The lowest BCUT2D eigenvalue weighted by atomic mass is 10.1. The first kappa shape index (κ1) is 19.4. The average molecular weight is 409 g/mol. The number of aryl methyl sites for hydroxylation is 1. The number of thiazole rings is 1. The second-order valence-electron chi connectivity index (χ2n) is 7.29. The number of amides is 2. The Hall–Kier alpha value is -2.93. The van der Waals surface area contributed by atoms with Crippen molar-refractivity contribution in [1.29, 1.82) is 0 Å². The van der Waals surface area contributed by atoms with Crippen molar-refractivity contribution in [1.82, 2.24) is 14.5 Å². The molecule has 150 valence electrons. The van der Waals surface area contributed by atoms with E-state index in [0.29, 0.717) is 16.8 Å². The van der Waals surface area contributed by atoms with Gasteiger partial charge in [0.1, 0.15) is 0 Å². The lowest BCUT2D eigenvalue weighted by Gasteiger charge is -2.27. The van der Waals surface area contributed by atoms with Crippen LogP contribution in [0, 0.1) is 13.8 Å². The van der Waals surface area contributed by atoms with Crippen molar-refractivity contribution in [2.75, 3.05) is 18.4 Å². The van der Waals surface area contributed by atoms with Gasteiger partial charge in [-0.3, -0.25) is 14.2 Å². The van der Waals surface area contributed by atoms with Gasteiger partial charge in [-0.2, -0.15) is 0 Å². The van der Waals surface area contributed by atoms with Crippen LogP contribution in [0.25, 0.3) is 5.13 Å². The first-order chi connectivity index (χ1) is 14.1. The Morgan fingerprint density at radius 3 is 2.55 bits per heavy atom. The van der Waals surface area contributed by atoms with Crippen LogP contribution in [0.2, 0.25) is 0 Å². The van der Waals surface area contributed by atoms with Crippen molar-refractivity contribution in [3.63, 3.8) is 0 Å². The molecule has 1 aromatic carbocycles. The molecule has 0 aliphatic carbocycles. The predicted octanol–water partition coefficient (Wildman–Crippen LogP) is 4.43. The lowest BCUT2D eigenvalue weighted by Crippen LogP contribution is -2.36. The van der Waals surface area contributed by atoms with Gasteiger partial charge in [0.15, 0.2) is 5.13 Å². The van der Waals surface area contributed by atoms with E-state index in [1.165, 1.54) is 11.3 Å². The van der Waals surface area contributed by atoms with Crippen molar-refractivity contribution < 1.29 is 9.59 Å². The monoisotopic (exact) mass is 408 g/mol. The molecule has 4 rings (SSSR count). The minimum Gasteiger partial charge on any atom is -0.339 e. The molecule has 29 heavy (non-hydrogen) atoms. The molecule has 1 aliphatic rings. The van der Waals surface area contributed by atoms with Crippen molar-refractivity contribution in [3.05, 3.63) is 64.4 Å². The number of piperidine rings is 1. The first-order valence-electron chi connectivity index (χ1n) is 9.84. The highest BCUT2D eigenvalue weighted by atomic mass is 32.1. The number of hydrogen-bond donors (Lipinski definition) is 1. The van der Waals surface area contributed by atoms with E-state index < -0.39 is 0 Å². The largest absolute Gasteiger partial charge is 0.339 e. The van der Waals surface area contributed by atoms with Gasteiger partial charge in [-0.1, -0.05) is 12.1 Å². The zero-order valence-corrected chi connectivity index (χ0v) is 17.5. The maximum absolute atomic E-state index is 13.1. The van der Waals surface area contributed by atoms with Gasteiger partial charge in [0.05, 0.1) is 16.8 Å². The number of nitrogens with zero attached hydrogens (tertiary/aromatic N) is 3. The molecule has 2 amide bonds. The molecule has 0 atom stereocenters. The van der Waals surface area contributed by atoms with Gasteiger partial charge in [-0.25, -0.2) is 4.98 Å². The third kappa shape index (κ3) is 3.82. The first-order valence-corrected chi connectivity index (χ1v) is 10.7. The Kier molecular flexibility index (Phi) is 5.49. The van der Waals surface area contributed by atoms with Crippen molar-refractivity contribution in [2.24, 2.45) is 0 Å². The summed E-state index contributed by atoms with van der Waals surface area (Å²) in [5.41, 5.74) is 3.44. The number of anilines is 1. The van der Waals surface area contributed by atoms with Crippen LogP contribution >= 0.6 is 11.3 Å². The molecule has 3 aromatic rings. The van der Waals surface area contributed by atoms with Crippen LogP contribution in [0.5, 0.6) is 0 Å². The molecule has 0 spiro atoms. The summed E-state index contributed by atoms with van der Waals surface area (Å²) in [6, 6.07) is 9.10. The van der Waals surface area contributed by atoms with Crippen molar-refractivity contribution in [2.45, 2.75) is 33.1 Å². The number of rotatable bonds is 4. The van der Waals surface area contributed by atoms with Gasteiger partial charge >= 0.3 is 0 Å². The molecule has 0 bridgehead atoms. The Morgan fingerprint density at radius 1 is 1.07 bits per heavy atom. The van der Waals surface area contributed by atoms with Crippen LogP contribution in [0.1, 0.15) is 51.4 Å². The third-order valence-corrected chi connectivity index (χ3v) is 6.09. The van der Waals surface area contributed by atoms with Gasteiger partial charge in [0.25, 0.3) is 11.8 Å². The molecule has 0 radical (unpaired) electrons. The van der Waals surface area contributed by atoms with E-state index in [9.17, 15) is 9.59 Å². The van der Waals surface area contributed by atoms with Crippen molar-refractivity contribution in [3.8, 4) is 5.13 Å². The second kappa shape index (κ2) is 8.21. The fourth-order valence-electron chi connectivity index (χ4n) is 3.85. The fraction of sp³-hybridized carbons (Fsp3) is 0.318. The molecule has 7 heteroatoms. The summed E-state index contributed by atoms with van der Waals surface area (Å²) >= 11 is 1.53. The van der Waals surface area contributed by atoms with Crippen LogP contribution in [-0.2, 0) is 0 Å². The quantitative estimate of drug-likeness (QED) is 0.694. The Labute approximate surface area is 174 Å². The number of likely N-dealkylation sites (tertiary alicyclic amines) is 1. The van der Waals surface area contributed by atoms with Gasteiger partial charge in [0.2, 0.25) is 0 Å². The van der Waals surface area contributed by atoms with E-state index in [2.05, 4.69) is 10.3 Å². The van der Waals surface area contributed by atoms with E-state index >= 15 is 0 Å². The highest BCUT2D eigenvalue weighted by Crippen LogP contribution is 2.25. The number of nitrogens with one attached hydrogen (secondary N) is 1. The van der Waals surface area contributed by atoms with Gasteiger partial charge < -0.3 is 10.2 Å². The molecule has 3 heterocycles. The molecule has 1 aliphatic heterocycles. The summed E-state index contributed by atoms with van der Waals surface area (Å²) in [5.74, 6) is -0.242. The molecule has 1 fully saturated rings. The summed E-state index contributed by atoms with van der Waals surface area (Å²) in [7, 11) is 0. The average Bonchev–Trinajstić information content (AvgIpc) is 3.36. The number of aromatic nitrogens is 2. The number of benzene rings is 1. The number of hydrogen-bond acceptors (Lipinski definition) is 4. The standard InChI is InChI=1S/C22H24N4O2S/c1-15-14-18(16(2)26(15)22-23-10-13-29-22)20(27)24-19-9-5-4-8-17(19)21(28)25-11-6-3-7-12-25/h4-5,8-10,13-14H,3,6-7,11-12H2,1-2H3,(H,24,27). The molecule has 2 aromatic heterocycles. The maximum Gasteiger partial charge on any atom is 0.257 e. The normalized spacial score (nSPS) is 14.1. The minimum absolute atomic E-state index is 0.0196. The van der Waals surface area contributed by atoms with Crippen LogP contribution in [0.3, 0.4) is 0 Å². The summed E-state index contributed by atoms with van der Waals surface area (Å²) in [6.07, 6.45) is 4.98. The molecule has 1 N–H and O–H groups in total. The minimum atomic E-state index is -0.222. The van der Waals surface area contributed by atoms with Gasteiger partial charge in [-0.15, -0.1) is 11.3 Å². The number of para-hydroxylation sites is 1. The summed E-state index contributed by atoms with van der Waals surface area (Å²) in [4.78, 5) is 32.3. The molecular weight excluding hydrogens is 384 g/mol. The van der Waals surface area contributed by atoms with E-state index in [1.54, 1.807) is 18.3 Å². The smallest absolute Gasteiger partial charge is 0.257 e. The molecular formula is C22H24N4O2S. The number of carbonyl (C=O) groups is 2. The molecule has 6 nitrogen and oxygen atoms in total. The van der Waals surface area contributed by atoms with Crippen molar-refractivity contribution >= 4 is 28.8 Å².